The van der Waals surface area contributed by atoms with Crippen LogP contribution in [-0.2, 0) is 16.1 Å². The van der Waals surface area contributed by atoms with E-state index in [1.807, 2.05) is 30.3 Å². The minimum Gasteiger partial charge on any atom is -0.457 e. The molecule has 0 atom stereocenters. The van der Waals surface area contributed by atoms with Crippen LogP contribution in [-0.4, -0.2) is 29.0 Å². The van der Waals surface area contributed by atoms with Gasteiger partial charge in [0.2, 0.25) is 0 Å². The fraction of sp³-hybridized carbons (Fsp3) is 0.286. The van der Waals surface area contributed by atoms with Crippen molar-refractivity contribution >= 4 is 5.97 Å². The molecular formula is C14H14N2O3. The van der Waals surface area contributed by atoms with Crippen molar-refractivity contribution < 1.29 is 14.3 Å². The summed E-state index contributed by atoms with van der Waals surface area (Å²) in [5, 5.41) is 4.15. The summed E-state index contributed by atoms with van der Waals surface area (Å²) < 4.78 is 12.1. The molecule has 0 aliphatic carbocycles. The first-order valence-corrected chi connectivity index (χ1v) is 6.16. The third kappa shape index (κ3) is 2.66. The van der Waals surface area contributed by atoms with Gasteiger partial charge >= 0.3 is 5.97 Å². The van der Waals surface area contributed by atoms with Gasteiger partial charge in [0.05, 0.1) is 31.0 Å². The van der Waals surface area contributed by atoms with Crippen molar-refractivity contribution in [1.29, 1.82) is 0 Å². The first-order chi connectivity index (χ1) is 9.33. The number of rotatable bonds is 4. The molecule has 0 N–H and O–H groups in total. The first kappa shape index (κ1) is 11.9. The standard InChI is InChI=1S/C14H14N2O3/c17-14(19-8-11-4-2-1-3-5-11)12-6-15-16(7-12)13-9-18-10-13/h1-7,13H,8-10H2. The van der Waals surface area contributed by atoms with Crippen LogP contribution in [0, 0.1) is 0 Å². The molecule has 98 valence electrons. The summed E-state index contributed by atoms with van der Waals surface area (Å²) >= 11 is 0. The molecule has 1 aromatic heterocycles. The zero-order valence-corrected chi connectivity index (χ0v) is 10.4. The predicted molar refractivity (Wildman–Crippen MR) is 67.6 cm³/mol. The highest BCUT2D eigenvalue weighted by Gasteiger charge is 2.22. The Hall–Kier alpha value is -2.14. The molecule has 1 aliphatic rings. The van der Waals surface area contributed by atoms with Crippen molar-refractivity contribution in [2.75, 3.05) is 13.2 Å². The average Bonchev–Trinajstić information content (AvgIpc) is 2.84. The zero-order chi connectivity index (χ0) is 13.1. The number of benzene rings is 1. The van der Waals surface area contributed by atoms with E-state index in [2.05, 4.69) is 5.10 Å². The van der Waals surface area contributed by atoms with E-state index >= 15 is 0 Å². The van der Waals surface area contributed by atoms with E-state index in [1.54, 1.807) is 10.9 Å². The molecule has 0 spiro atoms. The highest BCUT2D eigenvalue weighted by Crippen LogP contribution is 2.16. The van der Waals surface area contributed by atoms with Gasteiger partial charge in [-0.2, -0.15) is 5.10 Å². The molecule has 2 aromatic rings. The molecule has 0 saturated carbocycles. The van der Waals surface area contributed by atoms with Crippen LogP contribution < -0.4 is 0 Å². The lowest BCUT2D eigenvalue weighted by molar-refractivity contribution is -0.0287. The molecule has 1 aromatic carbocycles. The van der Waals surface area contributed by atoms with Crippen LogP contribution in [0.1, 0.15) is 22.0 Å². The van der Waals surface area contributed by atoms with Gasteiger partial charge in [0, 0.05) is 6.20 Å². The second kappa shape index (κ2) is 5.24. The van der Waals surface area contributed by atoms with Crippen LogP contribution in [0.3, 0.4) is 0 Å². The third-order valence-electron chi connectivity index (χ3n) is 3.04. The van der Waals surface area contributed by atoms with Gasteiger partial charge < -0.3 is 9.47 Å². The minimum atomic E-state index is -0.352. The largest absolute Gasteiger partial charge is 0.457 e. The van der Waals surface area contributed by atoms with Gasteiger partial charge in [0.1, 0.15) is 6.61 Å². The van der Waals surface area contributed by atoms with E-state index in [9.17, 15) is 4.79 Å². The minimum absolute atomic E-state index is 0.246. The first-order valence-electron chi connectivity index (χ1n) is 6.16. The molecule has 3 rings (SSSR count). The summed E-state index contributed by atoms with van der Waals surface area (Å²) in [7, 11) is 0. The summed E-state index contributed by atoms with van der Waals surface area (Å²) in [6.07, 6.45) is 3.24. The van der Waals surface area contributed by atoms with Gasteiger partial charge in [0.25, 0.3) is 0 Å². The molecule has 0 bridgehead atoms. The van der Waals surface area contributed by atoms with Gasteiger partial charge in [-0.25, -0.2) is 4.79 Å². The molecule has 1 saturated heterocycles. The molecule has 0 amide bonds. The van der Waals surface area contributed by atoms with Crippen LogP contribution in [0.4, 0.5) is 0 Å². The number of aromatic nitrogens is 2. The highest BCUT2D eigenvalue weighted by molar-refractivity contribution is 5.88. The number of ether oxygens (including phenoxy) is 2. The topological polar surface area (TPSA) is 53.3 Å². The maximum absolute atomic E-state index is 11.9. The number of nitrogens with zero attached hydrogens (tertiary/aromatic N) is 2. The Morgan fingerprint density at radius 3 is 2.84 bits per heavy atom. The number of carbonyl (C=O) groups is 1. The summed E-state index contributed by atoms with van der Waals surface area (Å²) in [5.41, 5.74) is 1.44. The summed E-state index contributed by atoms with van der Waals surface area (Å²) in [5.74, 6) is -0.352. The monoisotopic (exact) mass is 258 g/mol. The van der Waals surface area contributed by atoms with Crippen molar-refractivity contribution in [3.63, 3.8) is 0 Å². The molecule has 0 radical (unpaired) electrons. The molecule has 5 nitrogen and oxygen atoms in total. The second-order valence-corrected chi connectivity index (χ2v) is 4.46. The molecule has 2 heterocycles. The van der Waals surface area contributed by atoms with E-state index in [4.69, 9.17) is 9.47 Å². The lowest BCUT2D eigenvalue weighted by atomic mass is 10.2. The smallest absolute Gasteiger partial charge is 0.341 e. The summed E-state index contributed by atoms with van der Waals surface area (Å²) in [4.78, 5) is 11.9. The summed E-state index contributed by atoms with van der Waals surface area (Å²) in [6, 6.07) is 9.84. The number of hydrogen-bond acceptors (Lipinski definition) is 4. The molecule has 5 heteroatoms. The van der Waals surface area contributed by atoms with Crippen molar-refractivity contribution in [1.82, 2.24) is 9.78 Å². The van der Waals surface area contributed by atoms with Gasteiger partial charge in [0.15, 0.2) is 0 Å². The van der Waals surface area contributed by atoms with Crippen LogP contribution in [0.5, 0.6) is 0 Å². The third-order valence-corrected chi connectivity index (χ3v) is 3.04. The van der Waals surface area contributed by atoms with Crippen molar-refractivity contribution in [2.45, 2.75) is 12.6 Å². The Bertz CT molecular complexity index is 561. The van der Waals surface area contributed by atoms with E-state index < -0.39 is 0 Å². The van der Waals surface area contributed by atoms with E-state index in [0.29, 0.717) is 18.8 Å². The summed E-state index contributed by atoms with van der Waals surface area (Å²) in [6.45, 7) is 1.58. The van der Waals surface area contributed by atoms with Crippen molar-refractivity contribution in [3.05, 3.63) is 53.9 Å². The van der Waals surface area contributed by atoms with E-state index in [1.165, 1.54) is 6.20 Å². The van der Waals surface area contributed by atoms with Gasteiger partial charge in [-0.1, -0.05) is 30.3 Å². The Labute approximate surface area is 110 Å². The normalized spacial score (nSPS) is 14.9. The molecule has 1 aliphatic heterocycles. The van der Waals surface area contributed by atoms with E-state index in [-0.39, 0.29) is 18.6 Å². The van der Waals surface area contributed by atoms with Crippen molar-refractivity contribution in [2.24, 2.45) is 0 Å². The van der Waals surface area contributed by atoms with Gasteiger partial charge in [-0.05, 0) is 5.56 Å². The van der Waals surface area contributed by atoms with Crippen LogP contribution >= 0.6 is 0 Å². The number of hydrogen-bond donors (Lipinski definition) is 0. The number of carbonyl (C=O) groups excluding carboxylic acids is 1. The Kier molecular flexibility index (Phi) is 3.29. The average molecular weight is 258 g/mol. The predicted octanol–water partition coefficient (Wildman–Crippen LogP) is 1.81. The maximum atomic E-state index is 11.9. The molecule has 1 fully saturated rings. The fourth-order valence-corrected chi connectivity index (χ4v) is 1.83. The zero-order valence-electron chi connectivity index (χ0n) is 10.4. The quantitative estimate of drug-likeness (QED) is 0.785. The van der Waals surface area contributed by atoms with Crippen molar-refractivity contribution in [3.8, 4) is 0 Å². The second-order valence-electron chi connectivity index (χ2n) is 4.46. The van der Waals surface area contributed by atoms with E-state index in [0.717, 1.165) is 5.56 Å². The molecule has 19 heavy (non-hydrogen) atoms. The highest BCUT2D eigenvalue weighted by atomic mass is 16.5. The van der Waals surface area contributed by atoms with Crippen LogP contribution in [0.2, 0.25) is 0 Å². The molecular weight excluding hydrogens is 244 g/mol. The van der Waals surface area contributed by atoms with Crippen LogP contribution in [0.25, 0.3) is 0 Å². The van der Waals surface area contributed by atoms with Crippen LogP contribution in [0.15, 0.2) is 42.7 Å². The fourth-order valence-electron chi connectivity index (χ4n) is 1.83. The Morgan fingerprint density at radius 1 is 1.37 bits per heavy atom. The van der Waals surface area contributed by atoms with Gasteiger partial charge in [-0.15, -0.1) is 0 Å². The Morgan fingerprint density at radius 2 is 2.16 bits per heavy atom. The molecule has 0 unspecified atom stereocenters. The lowest BCUT2D eigenvalue weighted by Crippen LogP contribution is -2.30. The maximum Gasteiger partial charge on any atom is 0.341 e. The number of esters is 1. The Balaban J connectivity index is 1.59. The SMILES string of the molecule is O=C(OCc1ccccc1)c1cnn(C2COC2)c1. The lowest BCUT2D eigenvalue weighted by Gasteiger charge is -2.25. The van der Waals surface area contributed by atoms with Gasteiger partial charge in [-0.3, -0.25) is 4.68 Å².